The van der Waals surface area contributed by atoms with Crippen LogP contribution in [0.2, 0.25) is 0 Å². The van der Waals surface area contributed by atoms with Crippen molar-refractivity contribution in [3.8, 4) is 5.75 Å². The van der Waals surface area contributed by atoms with Crippen LogP contribution in [-0.4, -0.2) is 24.5 Å². The highest BCUT2D eigenvalue weighted by molar-refractivity contribution is 5.82. The summed E-state index contributed by atoms with van der Waals surface area (Å²) in [4.78, 5) is 4.78. The van der Waals surface area contributed by atoms with E-state index in [0.717, 1.165) is 24.6 Å². The van der Waals surface area contributed by atoms with Crippen molar-refractivity contribution in [2.45, 2.75) is 44.7 Å². The Balaban J connectivity index is 1.70. The Hall–Kier alpha value is -1.51. The summed E-state index contributed by atoms with van der Waals surface area (Å²) in [6.07, 6.45) is 2.27. The Morgan fingerprint density at radius 1 is 1.37 bits per heavy atom. The average Bonchev–Trinajstić information content (AvgIpc) is 3.06. The number of rotatable bonds is 1. The van der Waals surface area contributed by atoms with Gasteiger partial charge in [0.05, 0.1) is 24.5 Å². The highest BCUT2D eigenvalue weighted by Crippen LogP contribution is 2.46. The van der Waals surface area contributed by atoms with E-state index in [9.17, 15) is 0 Å². The molecular weight excluding hydrogens is 236 g/mol. The van der Waals surface area contributed by atoms with Crippen LogP contribution in [0.5, 0.6) is 5.75 Å². The zero-order valence-corrected chi connectivity index (χ0v) is 11.5. The molecule has 3 aliphatic rings. The van der Waals surface area contributed by atoms with Crippen LogP contribution < -0.4 is 10.1 Å². The van der Waals surface area contributed by atoms with Crippen molar-refractivity contribution in [2.24, 2.45) is 10.9 Å². The van der Waals surface area contributed by atoms with E-state index >= 15 is 0 Å². The maximum Gasteiger partial charge on any atom is 0.122 e. The Labute approximate surface area is 114 Å². The van der Waals surface area contributed by atoms with Crippen molar-refractivity contribution < 1.29 is 4.74 Å². The van der Waals surface area contributed by atoms with Gasteiger partial charge in [0.15, 0.2) is 0 Å². The Morgan fingerprint density at radius 2 is 2.26 bits per heavy atom. The molecule has 1 aromatic rings. The van der Waals surface area contributed by atoms with E-state index in [-0.39, 0.29) is 0 Å². The average molecular weight is 256 g/mol. The molecule has 2 heterocycles. The summed E-state index contributed by atoms with van der Waals surface area (Å²) in [7, 11) is 0. The Bertz CT molecular complexity index is 552. The van der Waals surface area contributed by atoms with Crippen molar-refractivity contribution in [1.82, 2.24) is 5.32 Å². The van der Waals surface area contributed by atoms with Gasteiger partial charge in [0.2, 0.25) is 0 Å². The smallest absolute Gasteiger partial charge is 0.122 e. The first-order chi connectivity index (χ1) is 9.24. The fourth-order valence-electron chi connectivity index (χ4n) is 4.12. The van der Waals surface area contributed by atoms with Gasteiger partial charge in [-0.25, -0.2) is 0 Å². The summed E-state index contributed by atoms with van der Waals surface area (Å²) in [5.41, 5.74) is 2.95. The van der Waals surface area contributed by atoms with Crippen LogP contribution in [0.3, 0.4) is 0 Å². The zero-order chi connectivity index (χ0) is 13.0. The van der Waals surface area contributed by atoms with E-state index in [2.05, 4.69) is 37.4 Å². The standard InChI is InChI=1S/C16H20N2O/c1-9-13(8-14-16(9)18-10(2)17-14)11-4-3-5-15-12(11)6-7-19-15/h3-5,9,13-14,16H,6-8H2,1-2H3,(H,17,18)/t9-,13-,14?,16?/m0/s1. The first-order valence-corrected chi connectivity index (χ1v) is 7.29. The van der Waals surface area contributed by atoms with E-state index in [0.29, 0.717) is 23.9 Å². The largest absolute Gasteiger partial charge is 0.493 e. The molecule has 3 heteroatoms. The lowest BCUT2D eigenvalue weighted by Crippen LogP contribution is -2.30. The van der Waals surface area contributed by atoms with Gasteiger partial charge in [-0.1, -0.05) is 19.1 Å². The lowest BCUT2D eigenvalue weighted by molar-refractivity contribution is 0.357. The number of fused-ring (bicyclic) bond motifs is 2. The van der Waals surface area contributed by atoms with Gasteiger partial charge in [-0.2, -0.15) is 0 Å². The summed E-state index contributed by atoms with van der Waals surface area (Å²) in [5, 5.41) is 3.53. The van der Waals surface area contributed by atoms with Crippen LogP contribution in [0.4, 0.5) is 0 Å². The highest BCUT2D eigenvalue weighted by atomic mass is 16.5. The van der Waals surface area contributed by atoms with Crippen LogP contribution in [0.25, 0.3) is 0 Å². The molecule has 1 saturated carbocycles. The molecule has 0 aromatic heterocycles. The second kappa shape index (κ2) is 3.99. The van der Waals surface area contributed by atoms with Gasteiger partial charge in [0, 0.05) is 12.0 Å². The molecule has 1 aliphatic carbocycles. The highest BCUT2D eigenvalue weighted by Gasteiger charge is 2.44. The van der Waals surface area contributed by atoms with E-state index in [1.165, 1.54) is 17.5 Å². The summed E-state index contributed by atoms with van der Waals surface area (Å²) < 4.78 is 5.70. The minimum absolute atomic E-state index is 0.461. The van der Waals surface area contributed by atoms with Gasteiger partial charge in [0.25, 0.3) is 0 Å². The predicted molar refractivity (Wildman–Crippen MR) is 76.0 cm³/mol. The Kier molecular flexibility index (Phi) is 2.38. The van der Waals surface area contributed by atoms with Crippen molar-refractivity contribution in [2.75, 3.05) is 6.61 Å². The molecule has 4 rings (SSSR count). The summed E-state index contributed by atoms with van der Waals surface area (Å²) in [6.45, 7) is 5.28. The quantitative estimate of drug-likeness (QED) is 0.837. The summed E-state index contributed by atoms with van der Waals surface area (Å²) in [6, 6.07) is 7.54. The lowest BCUT2D eigenvalue weighted by Gasteiger charge is -2.20. The lowest BCUT2D eigenvalue weighted by atomic mass is 9.85. The van der Waals surface area contributed by atoms with Gasteiger partial charge >= 0.3 is 0 Å². The monoisotopic (exact) mass is 256 g/mol. The number of benzene rings is 1. The maximum absolute atomic E-state index is 5.70. The number of ether oxygens (including phenoxy) is 1. The van der Waals surface area contributed by atoms with Crippen LogP contribution >= 0.6 is 0 Å². The van der Waals surface area contributed by atoms with E-state index in [1.54, 1.807) is 0 Å². The molecule has 100 valence electrons. The number of nitrogens with zero attached hydrogens (tertiary/aromatic N) is 1. The molecular formula is C16H20N2O. The number of amidine groups is 1. The van der Waals surface area contributed by atoms with Crippen molar-refractivity contribution >= 4 is 5.84 Å². The molecule has 19 heavy (non-hydrogen) atoms. The number of hydrogen-bond donors (Lipinski definition) is 1. The topological polar surface area (TPSA) is 33.6 Å². The summed E-state index contributed by atoms with van der Waals surface area (Å²) in [5.74, 6) is 3.45. The number of hydrogen-bond acceptors (Lipinski definition) is 3. The molecule has 0 amide bonds. The molecule has 3 nitrogen and oxygen atoms in total. The zero-order valence-electron chi connectivity index (χ0n) is 11.5. The molecule has 0 bridgehead atoms. The SMILES string of the molecule is CC1=NC2C(C[C@H](c3cccc4c3CCO4)[C@@H]2C)N1. The van der Waals surface area contributed by atoms with Crippen LogP contribution in [0.1, 0.15) is 37.3 Å². The molecule has 1 fully saturated rings. The van der Waals surface area contributed by atoms with Crippen molar-refractivity contribution in [1.29, 1.82) is 0 Å². The minimum Gasteiger partial charge on any atom is -0.493 e. The normalized spacial score (nSPS) is 35.4. The van der Waals surface area contributed by atoms with Crippen LogP contribution in [0, 0.1) is 5.92 Å². The molecule has 2 unspecified atom stereocenters. The van der Waals surface area contributed by atoms with Gasteiger partial charge in [-0.15, -0.1) is 0 Å². The van der Waals surface area contributed by atoms with E-state index in [1.807, 2.05) is 0 Å². The Morgan fingerprint density at radius 3 is 3.11 bits per heavy atom. The van der Waals surface area contributed by atoms with Crippen LogP contribution in [-0.2, 0) is 6.42 Å². The molecule has 0 spiro atoms. The summed E-state index contributed by atoms with van der Waals surface area (Å²) >= 11 is 0. The third kappa shape index (κ3) is 1.60. The molecule has 1 aromatic carbocycles. The van der Waals surface area contributed by atoms with Gasteiger partial charge < -0.3 is 10.1 Å². The fraction of sp³-hybridized carbons (Fsp3) is 0.562. The van der Waals surface area contributed by atoms with Crippen molar-refractivity contribution in [3.63, 3.8) is 0 Å². The first kappa shape index (κ1) is 11.3. The predicted octanol–water partition coefficient (Wildman–Crippen LogP) is 2.50. The van der Waals surface area contributed by atoms with E-state index < -0.39 is 0 Å². The molecule has 1 N–H and O–H groups in total. The number of nitrogens with one attached hydrogen (secondary N) is 1. The fourth-order valence-corrected chi connectivity index (χ4v) is 4.12. The second-order valence-corrected chi connectivity index (χ2v) is 6.08. The molecule has 0 radical (unpaired) electrons. The number of aliphatic imine (C=N–C) groups is 1. The first-order valence-electron chi connectivity index (χ1n) is 7.29. The third-order valence-electron chi connectivity index (χ3n) is 5.01. The van der Waals surface area contributed by atoms with Gasteiger partial charge in [0.1, 0.15) is 5.75 Å². The van der Waals surface area contributed by atoms with E-state index in [4.69, 9.17) is 9.73 Å². The maximum atomic E-state index is 5.70. The molecule has 4 atom stereocenters. The van der Waals surface area contributed by atoms with Gasteiger partial charge in [-0.3, -0.25) is 4.99 Å². The van der Waals surface area contributed by atoms with Gasteiger partial charge in [-0.05, 0) is 36.8 Å². The molecule has 2 aliphatic heterocycles. The second-order valence-electron chi connectivity index (χ2n) is 6.08. The van der Waals surface area contributed by atoms with Crippen LogP contribution in [0.15, 0.2) is 23.2 Å². The van der Waals surface area contributed by atoms with Crippen molar-refractivity contribution in [3.05, 3.63) is 29.3 Å². The molecule has 0 saturated heterocycles. The minimum atomic E-state index is 0.461. The third-order valence-corrected chi connectivity index (χ3v) is 5.01.